The van der Waals surface area contributed by atoms with Crippen LogP contribution >= 0.6 is 0 Å². The molecule has 0 saturated heterocycles. The molecular formula is C9H11NO4. The molecule has 0 heterocycles. The molecule has 5 nitrogen and oxygen atoms in total. The van der Waals surface area contributed by atoms with Gasteiger partial charge in [-0.15, -0.1) is 0 Å². The molecule has 1 amide bonds. The Labute approximate surface area is 81.0 Å². The molecule has 0 aliphatic rings. The standard InChI is InChI=1S/C9H11NO4/c10-9(12)14-6-5-13-8-3-1-7(11)2-4-8/h1-4,11H,5-6H2,(H2,10,12). The van der Waals surface area contributed by atoms with E-state index in [1.54, 1.807) is 12.1 Å². The van der Waals surface area contributed by atoms with Gasteiger partial charge in [0.25, 0.3) is 0 Å². The van der Waals surface area contributed by atoms with E-state index in [1.807, 2.05) is 0 Å². The van der Waals surface area contributed by atoms with Gasteiger partial charge in [-0.05, 0) is 24.3 Å². The van der Waals surface area contributed by atoms with E-state index in [0.717, 1.165) is 0 Å². The summed E-state index contributed by atoms with van der Waals surface area (Å²) in [4.78, 5) is 10.2. The van der Waals surface area contributed by atoms with Crippen molar-refractivity contribution in [3.8, 4) is 11.5 Å². The first-order chi connectivity index (χ1) is 6.68. The highest BCUT2D eigenvalue weighted by molar-refractivity contribution is 5.64. The zero-order valence-corrected chi connectivity index (χ0v) is 7.47. The van der Waals surface area contributed by atoms with Crippen molar-refractivity contribution in [2.24, 2.45) is 5.73 Å². The summed E-state index contributed by atoms with van der Waals surface area (Å²) in [5, 5.41) is 8.96. The Morgan fingerprint density at radius 2 is 1.93 bits per heavy atom. The molecule has 14 heavy (non-hydrogen) atoms. The summed E-state index contributed by atoms with van der Waals surface area (Å²) in [6, 6.07) is 6.23. The van der Waals surface area contributed by atoms with Crippen molar-refractivity contribution in [2.45, 2.75) is 0 Å². The number of ether oxygens (including phenoxy) is 2. The maximum atomic E-state index is 10.2. The van der Waals surface area contributed by atoms with Crippen LogP contribution in [0.15, 0.2) is 24.3 Å². The van der Waals surface area contributed by atoms with Gasteiger partial charge in [0.15, 0.2) is 0 Å². The summed E-state index contributed by atoms with van der Waals surface area (Å²) >= 11 is 0. The summed E-state index contributed by atoms with van der Waals surface area (Å²) in [7, 11) is 0. The van der Waals surface area contributed by atoms with Crippen LogP contribution in [0.2, 0.25) is 0 Å². The van der Waals surface area contributed by atoms with Crippen LogP contribution in [0.5, 0.6) is 11.5 Å². The fourth-order valence-electron chi connectivity index (χ4n) is 0.844. The lowest BCUT2D eigenvalue weighted by Gasteiger charge is -2.05. The molecule has 0 saturated carbocycles. The molecule has 5 heteroatoms. The van der Waals surface area contributed by atoms with Gasteiger partial charge in [0, 0.05) is 0 Å². The number of rotatable bonds is 4. The van der Waals surface area contributed by atoms with E-state index in [2.05, 4.69) is 4.74 Å². The summed E-state index contributed by atoms with van der Waals surface area (Å²) in [5.74, 6) is 0.765. The average molecular weight is 197 g/mol. The number of phenolic OH excluding ortho intramolecular Hbond substituents is 1. The smallest absolute Gasteiger partial charge is 0.404 e. The number of carbonyl (C=O) groups is 1. The number of amides is 1. The SMILES string of the molecule is NC(=O)OCCOc1ccc(O)cc1. The Morgan fingerprint density at radius 3 is 2.50 bits per heavy atom. The van der Waals surface area contributed by atoms with Gasteiger partial charge in [0.1, 0.15) is 24.7 Å². The van der Waals surface area contributed by atoms with E-state index < -0.39 is 6.09 Å². The number of nitrogens with two attached hydrogens (primary N) is 1. The van der Waals surface area contributed by atoms with Crippen molar-refractivity contribution in [1.29, 1.82) is 0 Å². The van der Waals surface area contributed by atoms with E-state index >= 15 is 0 Å². The molecule has 1 aromatic carbocycles. The summed E-state index contributed by atoms with van der Waals surface area (Å²) in [6.45, 7) is 0.337. The summed E-state index contributed by atoms with van der Waals surface area (Å²) < 4.78 is 9.62. The minimum absolute atomic E-state index is 0.107. The van der Waals surface area contributed by atoms with Crippen LogP contribution in [0.4, 0.5) is 4.79 Å². The maximum Gasteiger partial charge on any atom is 0.404 e. The first-order valence-corrected chi connectivity index (χ1v) is 4.02. The number of aromatic hydroxyl groups is 1. The molecule has 0 spiro atoms. The molecule has 1 rings (SSSR count). The lowest BCUT2D eigenvalue weighted by molar-refractivity contribution is 0.134. The fraction of sp³-hybridized carbons (Fsp3) is 0.222. The van der Waals surface area contributed by atoms with Crippen LogP contribution in [0.25, 0.3) is 0 Å². The Bertz CT molecular complexity index is 296. The monoisotopic (exact) mass is 197 g/mol. The van der Waals surface area contributed by atoms with Crippen LogP contribution in [0.1, 0.15) is 0 Å². The first kappa shape index (κ1) is 10.2. The predicted octanol–water partition coefficient (Wildman–Crippen LogP) is 0.866. The van der Waals surface area contributed by atoms with Crippen LogP contribution in [-0.2, 0) is 4.74 Å². The van der Waals surface area contributed by atoms with Crippen molar-refractivity contribution in [3.05, 3.63) is 24.3 Å². The molecule has 0 radical (unpaired) electrons. The van der Waals surface area contributed by atoms with Gasteiger partial charge in [-0.1, -0.05) is 0 Å². The Morgan fingerprint density at radius 1 is 1.29 bits per heavy atom. The second kappa shape index (κ2) is 4.96. The molecular weight excluding hydrogens is 186 g/mol. The second-order valence-electron chi connectivity index (χ2n) is 2.51. The van der Waals surface area contributed by atoms with Crippen molar-refractivity contribution in [2.75, 3.05) is 13.2 Å². The van der Waals surface area contributed by atoms with E-state index in [4.69, 9.17) is 15.6 Å². The third kappa shape index (κ3) is 3.66. The van der Waals surface area contributed by atoms with Gasteiger partial charge in [-0.3, -0.25) is 0 Å². The fourth-order valence-corrected chi connectivity index (χ4v) is 0.844. The van der Waals surface area contributed by atoms with E-state index in [9.17, 15) is 4.79 Å². The molecule has 0 aliphatic carbocycles. The van der Waals surface area contributed by atoms with Gasteiger partial charge >= 0.3 is 6.09 Å². The second-order valence-corrected chi connectivity index (χ2v) is 2.51. The van der Waals surface area contributed by atoms with Gasteiger partial charge in [-0.2, -0.15) is 0 Å². The Hall–Kier alpha value is -1.91. The number of phenols is 1. The Balaban J connectivity index is 2.25. The lowest BCUT2D eigenvalue weighted by Crippen LogP contribution is -2.17. The molecule has 0 aromatic heterocycles. The third-order valence-corrected chi connectivity index (χ3v) is 1.43. The van der Waals surface area contributed by atoms with Gasteiger partial charge < -0.3 is 20.3 Å². The lowest BCUT2D eigenvalue weighted by atomic mass is 10.3. The molecule has 0 unspecified atom stereocenters. The van der Waals surface area contributed by atoms with Crippen molar-refractivity contribution in [1.82, 2.24) is 0 Å². The molecule has 0 fully saturated rings. The Kier molecular flexibility index (Phi) is 3.60. The maximum absolute atomic E-state index is 10.2. The zero-order chi connectivity index (χ0) is 10.4. The molecule has 76 valence electrons. The normalized spacial score (nSPS) is 9.43. The summed E-state index contributed by atoms with van der Waals surface area (Å²) in [5.41, 5.74) is 4.74. The third-order valence-electron chi connectivity index (χ3n) is 1.43. The van der Waals surface area contributed by atoms with Gasteiger partial charge in [0.2, 0.25) is 0 Å². The van der Waals surface area contributed by atoms with Crippen molar-refractivity contribution < 1.29 is 19.4 Å². The molecule has 0 bridgehead atoms. The minimum atomic E-state index is -0.820. The van der Waals surface area contributed by atoms with E-state index in [0.29, 0.717) is 5.75 Å². The van der Waals surface area contributed by atoms with Crippen LogP contribution in [0, 0.1) is 0 Å². The highest BCUT2D eigenvalue weighted by Crippen LogP contribution is 2.15. The van der Waals surface area contributed by atoms with Gasteiger partial charge in [-0.25, -0.2) is 4.79 Å². The van der Waals surface area contributed by atoms with Crippen molar-refractivity contribution >= 4 is 6.09 Å². The highest BCUT2D eigenvalue weighted by Gasteiger charge is 1.95. The number of benzene rings is 1. The molecule has 0 aliphatic heterocycles. The van der Waals surface area contributed by atoms with E-state index in [1.165, 1.54) is 12.1 Å². The molecule has 0 atom stereocenters. The topological polar surface area (TPSA) is 81.8 Å². The number of hydrogen-bond donors (Lipinski definition) is 2. The van der Waals surface area contributed by atoms with Crippen molar-refractivity contribution in [3.63, 3.8) is 0 Å². The van der Waals surface area contributed by atoms with Gasteiger partial charge in [0.05, 0.1) is 0 Å². The summed E-state index contributed by atoms with van der Waals surface area (Å²) in [6.07, 6.45) is -0.820. The van der Waals surface area contributed by atoms with Crippen LogP contribution < -0.4 is 10.5 Å². The van der Waals surface area contributed by atoms with E-state index in [-0.39, 0.29) is 19.0 Å². The molecule has 1 aromatic rings. The molecule has 3 N–H and O–H groups in total. The zero-order valence-electron chi connectivity index (χ0n) is 7.47. The predicted molar refractivity (Wildman–Crippen MR) is 49.1 cm³/mol. The highest BCUT2D eigenvalue weighted by atomic mass is 16.6. The number of primary amides is 1. The quantitative estimate of drug-likeness (QED) is 0.701. The first-order valence-electron chi connectivity index (χ1n) is 4.02. The average Bonchev–Trinajstić information content (AvgIpc) is 2.15. The van der Waals surface area contributed by atoms with Crippen LogP contribution in [-0.4, -0.2) is 24.4 Å². The van der Waals surface area contributed by atoms with Crippen LogP contribution in [0.3, 0.4) is 0 Å². The number of carbonyl (C=O) groups excluding carboxylic acids is 1. The minimum Gasteiger partial charge on any atom is -0.508 e. The largest absolute Gasteiger partial charge is 0.508 e. The number of hydrogen-bond acceptors (Lipinski definition) is 4.